The van der Waals surface area contributed by atoms with Crippen molar-refractivity contribution >= 4 is 23.2 Å². The monoisotopic (exact) mass is 676 g/mol. The summed E-state index contributed by atoms with van der Waals surface area (Å²) in [5, 5.41) is 0. The lowest BCUT2D eigenvalue weighted by Gasteiger charge is -2.33. The fourth-order valence-electron chi connectivity index (χ4n) is 6.31. The second-order valence-corrected chi connectivity index (χ2v) is 12.2. The zero-order chi connectivity index (χ0) is 35.7. The van der Waals surface area contributed by atoms with Crippen molar-refractivity contribution < 1.29 is 19.0 Å². The number of hydrogen-bond donors (Lipinski definition) is 0. The molecule has 1 atom stereocenters. The van der Waals surface area contributed by atoms with E-state index >= 15 is 0 Å². The molecule has 252 valence electrons. The topological polar surface area (TPSA) is 44.8 Å². The zero-order valence-corrected chi connectivity index (χ0v) is 29.0. The summed E-state index contributed by atoms with van der Waals surface area (Å²) < 4.78 is 18.1. The number of carbonyl (C=O) groups excluding carboxylic acids is 1. The van der Waals surface area contributed by atoms with Crippen LogP contribution in [-0.2, 0) is 4.74 Å². The van der Waals surface area contributed by atoms with Crippen LogP contribution in [0.25, 0.3) is 17.4 Å². The Morgan fingerprint density at radius 2 is 1.13 bits per heavy atom. The number of ether oxygens (including phenoxy) is 3. The number of carbonyl (C=O) groups is 1. The minimum Gasteiger partial charge on any atom is -0.497 e. The summed E-state index contributed by atoms with van der Waals surface area (Å²) in [5.74, 6) is 8.94. The second-order valence-electron chi connectivity index (χ2n) is 12.2. The minimum absolute atomic E-state index is 0.155. The van der Waals surface area contributed by atoms with Gasteiger partial charge in [0.1, 0.15) is 23.0 Å². The zero-order valence-electron chi connectivity index (χ0n) is 29.0. The van der Waals surface area contributed by atoms with Crippen molar-refractivity contribution in [3.05, 3.63) is 220 Å². The Bertz CT molecular complexity index is 2310. The lowest BCUT2D eigenvalue weighted by atomic mass is 9.76. The van der Waals surface area contributed by atoms with Crippen LogP contribution in [0.4, 0.5) is 0 Å². The van der Waals surface area contributed by atoms with E-state index in [-0.39, 0.29) is 5.78 Å². The molecular weight excluding hydrogens is 641 g/mol. The largest absolute Gasteiger partial charge is 0.497 e. The Morgan fingerprint density at radius 1 is 0.596 bits per heavy atom. The van der Waals surface area contributed by atoms with E-state index in [2.05, 4.69) is 24.0 Å². The van der Waals surface area contributed by atoms with E-state index in [4.69, 9.17) is 14.2 Å². The van der Waals surface area contributed by atoms with Gasteiger partial charge in [0.15, 0.2) is 5.78 Å². The molecule has 4 heteroatoms. The first-order valence-corrected chi connectivity index (χ1v) is 17.1. The van der Waals surface area contributed by atoms with Crippen molar-refractivity contribution in [2.24, 2.45) is 0 Å². The summed E-state index contributed by atoms with van der Waals surface area (Å²) in [7, 11) is 3.30. The van der Waals surface area contributed by atoms with E-state index in [0.29, 0.717) is 22.7 Å². The first kappa shape index (κ1) is 33.7. The maximum atomic E-state index is 14.8. The molecule has 52 heavy (non-hydrogen) atoms. The lowest BCUT2D eigenvalue weighted by Crippen LogP contribution is -2.20. The van der Waals surface area contributed by atoms with E-state index < -0.39 is 5.92 Å². The number of rotatable bonds is 9. The van der Waals surface area contributed by atoms with Crippen molar-refractivity contribution in [1.29, 1.82) is 0 Å². The van der Waals surface area contributed by atoms with Gasteiger partial charge in [-0.15, -0.1) is 0 Å². The molecule has 0 saturated heterocycles. The van der Waals surface area contributed by atoms with Crippen LogP contribution in [0.2, 0.25) is 0 Å². The molecule has 1 unspecified atom stereocenters. The van der Waals surface area contributed by atoms with Crippen LogP contribution in [0, 0.1) is 11.8 Å². The van der Waals surface area contributed by atoms with E-state index in [1.165, 1.54) is 0 Å². The highest BCUT2D eigenvalue weighted by molar-refractivity contribution is 6.16. The molecule has 0 N–H and O–H groups in total. The van der Waals surface area contributed by atoms with Gasteiger partial charge in [-0.3, -0.25) is 4.79 Å². The first-order valence-electron chi connectivity index (χ1n) is 17.1. The van der Waals surface area contributed by atoms with Crippen LogP contribution in [0.1, 0.15) is 44.1 Å². The van der Waals surface area contributed by atoms with Crippen LogP contribution in [0.3, 0.4) is 0 Å². The highest BCUT2D eigenvalue weighted by atomic mass is 16.5. The molecule has 0 aromatic heterocycles. The molecule has 1 aliphatic rings. The van der Waals surface area contributed by atoms with Crippen LogP contribution < -0.4 is 9.47 Å². The Morgan fingerprint density at radius 3 is 1.73 bits per heavy atom. The van der Waals surface area contributed by atoms with Gasteiger partial charge in [-0.25, -0.2) is 0 Å². The molecule has 6 aromatic rings. The highest BCUT2D eigenvalue weighted by Crippen LogP contribution is 2.50. The fraction of sp³-hybridized carbons (Fsp3) is 0.0625. The summed E-state index contributed by atoms with van der Waals surface area (Å²) in [4.78, 5) is 14.8. The third-order valence-electron chi connectivity index (χ3n) is 8.91. The smallest absolute Gasteiger partial charge is 0.196 e. The molecular formula is C48H36O4. The summed E-state index contributed by atoms with van der Waals surface area (Å²) in [5.41, 5.74) is 7.01. The normalized spacial score (nSPS) is 14.2. The van der Waals surface area contributed by atoms with Gasteiger partial charge < -0.3 is 14.2 Å². The number of benzene rings is 6. The maximum Gasteiger partial charge on any atom is 0.196 e. The summed E-state index contributed by atoms with van der Waals surface area (Å²) >= 11 is 0. The maximum absolute atomic E-state index is 14.8. The molecule has 0 spiro atoms. The fourth-order valence-corrected chi connectivity index (χ4v) is 6.31. The molecule has 0 saturated carbocycles. The van der Waals surface area contributed by atoms with Crippen LogP contribution in [0.5, 0.6) is 11.5 Å². The minimum atomic E-state index is -0.415. The number of allylic oxidation sites excluding steroid dienone is 3. The van der Waals surface area contributed by atoms with Crippen molar-refractivity contribution in [1.82, 2.24) is 0 Å². The molecule has 1 aliphatic heterocycles. The third kappa shape index (κ3) is 7.35. The predicted molar refractivity (Wildman–Crippen MR) is 209 cm³/mol. The van der Waals surface area contributed by atoms with E-state index in [1.54, 1.807) is 14.2 Å². The number of methoxy groups -OCH3 is 2. The Balaban J connectivity index is 1.56. The number of Topliss-reactive ketones (excluding diaryl/α,β-unsaturated/α-hetero) is 1. The first-order chi connectivity index (χ1) is 25.6. The summed E-state index contributed by atoms with van der Waals surface area (Å²) in [6, 6.07) is 55.1. The molecule has 0 aliphatic carbocycles. The van der Waals surface area contributed by atoms with Gasteiger partial charge in [0.2, 0.25) is 0 Å². The average molecular weight is 677 g/mol. The van der Waals surface area contributed by atoms with Gasteiger partial charge in [-0.2, -0.15) is 0 Å². The third-order valence-corrected chi connectivity index (χ3v) is 8.91. The van der Waals surface area contributed by atoms with Crippen LogP contribution >= 0.6 is 0 Å². The molecule has 6 aromatic carbocycles. The molecule has 0 fully saturated rings. The molecule has 0 radical (unpaired) electrons. The highest BCUT2D eigenvalue weighted by Gasteiger charge is 2.37. The second kappa shape index (κ2) is 15.8. The van der Waals surface area contributed by atoms with Crippen LogP contribution in [0.15, 0.2) is 187 Å². The molecule has 4 nitrogen and oxygen atoms in total. The van der Waals surface area contributed by atoms with Gasteiger partial charge in [0.25, 0.3) is 0 Å². The van der Waals surface area contributed by atoms with Gasteiger partial charge in [-0.05, 0) is 59.2 Å². The van der Waals surface area contributed by atoms with Crippen molar-refractivity contribution in [2.75, 3.05) is 14.2 Å². The van der Waals surface area contributed by atoms with Gasteiger partial charge in [-0.1, -0.05) is 145 Å². The lowest BCUT2D eigenvalue weighted by molar-refractivity contribution is 0.103. The standard InChI is InChI=1S/C48H36O4/c1-50-40-28-23-34(24-29-40)25-32-42-44(36-17-9-4-10-18-36)45(37-26-30-41(51-2)31-27-37)48(52-47(42)39-21-13-6-14-22-39)43(33-35-15-7-3-8-16-35)46(49)38-19-11-5-12-20-38/h3-24,26-31,33,44H,1-2H3/b43-33+. The Labute approximate surface area is 305 Å². The van der Waals surface area contributed by atoms with Crippen LogP contribution in [-0.4, -0.2) is 20.0 Å². The van der Waals surface area contributed by atoms with E-state index in [0.717, 1.165) is 50.5 Å². The Kier molecular flexibility index (Phi) is 10.2. The predicted octanol–water partition coefficient (Wildman–Crippen LogP) is 10.7. The van der Waals surface area contributed by atoms with Gasteiger partial charge >= 0.3 is 0 Å². The van der Waals surface area contributed by atoms with Crippen molar-refractivity contribution in [2.45, 2.75) is 5.92 Å². The molecule has 0 amide bonds. The van der Waals surface area contributed by atoms with Crippen molar-refractivity contribution in [3.63, 3.8) is 0 Å². The average Bonchev–Trinajstić information content (AvgIpc) is 3.23. The van der Waals surface area contributed by atoms with E-state index in [1.807, 2.05) is 164 Å². The van der Waals surface area contributed by atoms with Gasteiger partial charge in [0, 0.05) is 28.2 Å². The van der Waals surface area contributed by atoms with E-state index in [9.17, 15) is 4.79 Å². The molecule has 1 heterocycles. The quantitative estimate of drug-likeness (QED) is 0.0869. The summed E-state index contributed by atoms with van der Waals surface area (Å²) in [6.45, 7) is 0. The number of hydrogen-bond acceptors (Lipinski definition) is 4. The molecule has 0 bridgehead atoms. The SMILES string of the molecule is COc1ccc(C#CC2=C(c3ccccc3)OC(/C(=C/c3ccccc3)C(=O)c3ccccc3)=C(c3ccc(OC)cc3)C2c2ccccc2)cc1. The van der Waals surface area contributed by atoms with Crippen molar-refractivity contribution in [3.8, 4) is 23.3 Å². The summed E-state index contributed by atoms with van der Waals surface area (Å²) in [6.07, 6.45) is 1.92. The Hall–Kier alpha value is -6.83. The molecule has 7 rings (SSSR count). The number of ketones is 1. The van der Waals surface area contributed by atoms with Gasteiger partial charge in [0.05, 0.1) is 25.4 Å².